The van der Waals surface area contributed by atoms with E-state index < -0.39 is 0 Å². The Morgan fingerprint density at radius 3 is 2.62 bits per heavy atom. The molecule has 1 N–H and O–H groups in total. The van der Waals surface area contributed by atoms with E-state index in [0.29, 0.717) is 12.1 Å². The van der Waals surface area contributed by atoms with Gasteiger partial charge in [-0.25, -0.2) is 0 Å². The second kappa shape index (κ2) is 8.97. The van der Waals surface area contributed by atoms with E-state index in [0.717, 1.165) is 13.2 Å². The Balaban J connectivity index is 2.02. The standard InChI is InChI=1S/C13H27NO2/c1-15-11-7-3-6-10-14-12-8-4-5-9-13(12)16-2/h12-14H,3-11H2,1-2H3. The van der Waals surface area contributed by atoms with E-state index in [1.807, 2.05) is 7.11 Å². The lowest BCUT2D eigenvalue weighted by Gasteiger charge is -2.31. The van der Waals surface area contributed by atoms with E-state index in [-0.39, 0.29) is 0 Å². The summed E-state index contributed by atoms with van der Waals surface area (Å²) in [5, 5.41) is 3.63. The minimum Gasteiger partial charge on any atom is -0.385 e. The molecule has 1 aliphatic carbocycles. The van der Waals surface area contributed by atoms with Crippen LogP contribution in [0.5, 0.6) is 0 Å². The fraction of sp³-hybridized carbons (Fsp3) is 1.00. The van der Waals surface area contributed by atoms with Gasteiger partial charge in [0.25, 0.3) is 0 Å². The van der Waals surface area contributed by atoms with Crippen LogP contribution in [0, 0.1) is 0 Å². The number of hydrogen-bond acceptors (Lipinski definition) is 3. The highest BCUT2D eigenvalue weighted by molar-refractivity contribution is 4.81. The molecule has 0 aliphatic heterocycles. The molecule has 2 atom stereocenters. The summed E-state index contributed by atoms with van der Waals surface area (Å²) in [6.07, 6.45) is 9.28. The van der Waals surface area contributed by atoms with Crippen LogP contribution in [0.2, 0.25) is 0 Å². The van der Waals surface area contributed by atoms with Crippen molar-refractivity contribution in [3.8, 4) is 0 Å². The molecule has 0 amide bonds. The fourth-order valence-electron chi connectivity index (χ4n) is 2.45. The molecule has 0 aromatic heterocycles. The lowest BCUT2D eigenvalue weighted by atomic mass is 9.92. The van der Waals surface area contributed by atoms with Gasteiger partial charge >= 0.3 is 0 Å². The molecule has 1 rings (SSSR count). The van der Waals surface area contributed by atoms with Gasteiger partial charge < -0.3 is 14.8 Å². The lowest BCUT2D eigenvalue weighted by molar-refractivity contribution is 0.0418. The first-order chi connectivity index (χ1) is 7.88. The minimum atomic E-state index is 0.438. The lowest BCUT2D eigenvalue weighted by Crippen LogP contribution is -2.43. The van der Waals surface area contributed by atoms with Crippen LogP contribution < -0.4 is 5.32 Å². The van der Waals surface area contributed by atoms with Crippen molar-refractivity contribution in [3.05, 3.63) is 0 Å². The van der Waals surface area contributed by atoms with Gasteiger partial charge in [0.15, 0.2) is 0 Å². The first kappa shape index (κ1) is 13.9. The number of hydrogen-bond donors (Lipinski definition) is 1. The van der Waals surface area contributed by atoms with Crippen molar-refractivity contribution in [1.29, 1.82) is 0 Å². The largest absolute Gasteiger partial charge is 0.385 e. The van der Waals surface area contributed by atoms with Gasteiger partial charge in [-0.05, 0) is 38.6 Å². The van der Waals surface area contributed by atoms with E-state index in [2.05, 4.69) is 5.32 Å². The molecule has 3 nitrogen and oxygen atoms in total. The third-order valence-electron chi connectivity index (χ3n) is 3.44. The van der Waals surface area contributed by atoms with Gasteiger partial charge in [0, 0.05) is 26.9 Å². The van der Waals surface area contributed by atoms with Gasteiger partial charge in [0.05, 0.1) is 6.10 Å². The second-order valence-electron chi connectivity index (χ2n) is 4.67. The van der Waals surface area contributed by atoms with Gasteiger partial charge in [-0.1, -0.05) is 12.8 Å². The van der Waals surface area contributed by atoms with Crippen molar-refractivity contribution in [3.63, 3.8) is 0 Å². The van der Waals surface area contributed by atoms with Crippen molar-refractivity contribution in [2.24, 2.45) is 0 Å². The summed E-state index contributed by atoms with van der Waals surface area (Å²) < 4.78 is 10.5. The summed E-state index contributed by atoms with van der Waals surface area (Å²) in [4.78, 5) is 0. The fourth-order valence-corrected chi connectivity index (χ4v) is 2.45. The number of unbranched alkanes of at least 4 members (excludes halogenated alkanes) is 2. The maximum atomic E-state index is 5.52. The zero-order valence-electron chi connectivity index (χ0n) is 10.8. The smallest absolute Gasteiger partial charge is 0.0724 e. The molecule has 16 heavy (non-hydrogen) atoms. The van der Waals surface area contributed by atoms with Crippen LogP contribution in [0.25, 0.3) is 0 Å². The molecule has 0 radical (unpaired) electrons. The van der Waals surface area contributed by atoms with Gasteiger partial charge in [-0.2, -0.15) is 0 Å². The van der Waals surface area contributed by atoms with Gasteiger partial charge in [0.2, 0.25) is 0 Å². The summed E-state index contributed by atoms with van der Waals surface area (Å²) in [7, 11) is 3.60. The van der Waals surface area contributed by atoms with E-state index in [4.69, 9.17) is 9.47 Å². The third-order valence-corrected chi connectivity index (χ3v) is 3.44. The predicted molar refractivity (Wildman–Crippen MR) is 66.8 cm³/mol. The van der Waals surface area contributed by atoms with Crippen molar-refractivity contribution in [2.45, 2.75) is 57.1 Å². The maximum Gasteiger partial charge on any atom is 0.0724 e. The molecule has 3 heteroatoms. The van der Waals surface area contributed by atoms with Crippen LogP contribution in [0.15, 0.2) is 0 Å². The molecule has 0 aromatic carbocycles. The molecule has 1 fully saturated rings. The van der Waals surface area contributed by atoms with Crippen LogP contribution in [-0.2, 0) is 9.47 Å². The first-order valence-corrected chi connectivity index (χ1v) is 6.63. The maximum absolute atomic E-state index is 5.52. The Kier molecular flexibility index (Phi) is 7.81. The van der Waals surface area contributed by atoms with E-state index in [1.54, 1.807) is 7.11 Å². The third kappa shape index (κ3) is 5.28. The molecule has 1 aliphatic rings. The Morgan fingerprint density at radius 1 is 1.06 bits per heavy atom. The Labute approximate surface area is 99.9 Å². The molecule has 0 bridgehead atoms. The second-order valence-corrected chi connectivity index (χ2v) is 4.67. The summed E-state index contributed by atoms with van der Waals surface area (Å²) in [6, 6.07) is 0.584. The van der Waals surface area contributed by atoms with Crippen molar-refractivity contribution >= 4 is 0 Å². The van der Waals surface area contributed by atoms with Crippen molar-refractivity contribution in [1.82, 2.24) is 5.32 Å². The number of methoxy groups -OCH3 is 2. The van der Waals surface area contributed by atoms with Crippen LogP contribution in [0.1, 0.15) is 44.9 Å². The molecular formula is C13H27NO2. The molecule has 0 heterocycles. The van der Waals surface area contributed by atoms with Gasteiger partial charge in [-0.3, -0.25) is 0 Å². The highest BCUT2D eigenvalue weighted by Gasteiger charge is 2.23. The van der Waals surface area contributed by atoms with Crippen LogP contribution in [-0.4, -0.2) is 39.5 Å². The Hall–Kier alpha value is -0.120. The van der Waals surface area contributed by atoms with Crippen molar-refractivity contribution < 1.29 is 9.47 Å². The SMILES string of the molecule is COCCCCCNC1CCCCC1OC. The summed E-state index contributed by atoms with van der Waals surface area (Å²) in [6.45, 7) is 2.01. The molecule has 2 unspecified atom stereocenters. The average molecular weight is 229 g/mol. The summed E-state index contributed by atoms with van der Waals surface area (Å²) >= 11 is 0. The number of nitrogens with one attached hydrogen (secondary N) is 1. The topological polar surface area (TPSA) is 30.5 Å². The molecule has 1 saturated carbocycles. The average Bonchev–Trinajstić information content (AvgIpc) is 2.34. The van der Waals surface area contributed by atoms with Crippen LogP contribution >= 0.6 is 0 Å². The highest BCUT2D eigenvalue weighted by atomic mass is 16.5. The Bertz CT molecular complexity index is 164. The molecule has 0 aromatic rings. The monoisotopic (exact) mass is 229 g/mol. The molecule has 96 valence electrons. The van der Waals surface area contributed by atoms with Crippen LogP contribution in [0.3, 0.4) is 0 Å². The van der Waals surface area contributed by atoms with Gasteiger partial charge in [0.1, 0.15) is 0 Å². The van der Waals surface area contributed by atoms with Gasteiger partial charge in [-0.15, -0.1) is 0 Å². The first-order valence-electron chi connectivity index (χ1n) is 6.63. The summed E-state index contributed by atoms with van der Waals surface area (Å²) in [5.74, 6) is 0. The van der Waals surface area contributed by atoms with Crippen molar-refractivity contribution in [2.75, 3.05) is 27.4 Å². The zero-order valence-corrected chi connectivity index (χ0v) is 10.8. The molecular weight excluding hydrogens is 202 g/mol. The molecule has 0 spiro atoms. The predicted octanol–water partition coefficient (Wildman–Crippen LogP) is 2.35. The molecule has 0 saturated heterocycles. The van der Waals surface area contributed by atoms with E-state index >= 15 is 0 Å². The van der Waals surface area contributed by atoms with Crippen LogP contribution in [0.4, 0.5) is 0 Å². The minimum absolute atomic E-state index is 0.438. The quantitative estimate of drug-likeness (QED) is 0.648. The normalized spacial score (nSPS) is 25.9. The highest BCUT2D eigenvalue weighted by Crippen LogP contribution is 2.20. The number of rotatable bonds is 8. The van der Waals surface area contributed by atoms with E-state index in [1.165, 1.54) is 44.9 Å². The van der Waals surface area contributed by atoms with E-state index in [9.17, 15) is 0 Å². The Morgan fingerprint density at radius 2 is 1.88 bits per heavy atom. The zero-order chi connectivity index (χ0) is 11.6. The number of ether oxygens (including phenoxy) is 2. The summed E-state index contributed by atoms with van der Waals surface area (Å²) in [5.41, 5.74) is 0.